The zero-order valence-corrected chi connectivity index (χ0v) is 25.2. The molecule has 0 unspecified atom stereocenters. The number of benzene rings is 2. The Hall–Kier alpha value is -4.99. The largest absolute Gasteiger partial charge is 0.457 e. The quantitative estimate of drug-likeness (QED) is 0.184. The number of β-amino-alcohol motifs (C(OH)–C–C–N with tert-alkyl or cyclic N) is 1. The number of nitrogens with two attached hydrogens (primary N) is 1. The van der Waals surface area contributed by atoms with Gasteiger partial charge in [-0.15, -0.1) is 0 Å². The summed E-state index contributed by atoms with van der Waals surface area (Å²) in [6.07, 6.45) is 2.53. The van der Waals surface area contributed by atoms with Crippen LogP contribution in [0.1, 0.15) is 27.7 Å². The summed E-state index contributed by atoms with van der Waals surface area (Å²) in [4.78, 5) is 37.4. The summed E-state index contributed by atoms with van der Waals surface area (Å²) in [5.41, 5.74) is 5.99. The molecule has 1 saturated heterocycles. The molecule has 0 spiro atoms. The molecule has 2 aromatic heterocycles. The van der Waals surface area contributed by atoms with Crippen LogP contribution in [0.25, 0.3) is 16.9 Å². The number of para-hydroxylation sites is 1. The molecule has 4 aromatic rings. The van der Waals surface area contributed by atoms with Crippen LogP contribution < -0.4 is 21.5 Å². The van der Waals surface area contributed by atoms with Crippen LogP contribution in [0, 0.1) is 16.7 Å². The summed E-state index contributed by atoms with van der Waals surface area (Å²) >= 11 is 0. The number of aromatic nitrogens is 4. The van der Waals surface area contributed by atoms with Gasteiger partial charge in [-0.2, -0.15) is 5.26 Å². The monoisotopic (exact) mass is 596 g/mol. The molecular formula is C32H36N8O4. The highest BCUT2D eigenvalue weighted by atomic mass is 16.5. The number of amides is 1. The number of rotatable bonds is 10. The van der Waals surface area contributed by atoms with Gasteiger partial charge in [0.1, 0.15) is 35.0 Å². The van der Waals surface area contributed by atoms with Gasteiger partial charge < -0.3 is 20.9 Å². The molecule has 3 heterocycles. The Morgan fingerprint density at radius 2 is 1.77 bits per heavy atom. The molecule has 1 fully saturated rings. The standard InChI is InChI=1S/C32H36N8O4/c1-31(2,18-35-29(42)21(15-33)14-32(3,4)38-16-23(41)17-38)19-39-28-26(27(34)36-20-37-28)40(30(39)43)22-10-12-25(13-11-22)44-24-8-6-5-7-9-24/h5-14,20,23,41H,16-19H2,1-4H3,(H,35,42)(H2,34,36,37). The van der Waals surface area contributed by atoms with E-state index in [0.29, 0.717) is 41.4 Å². The van der Waals surface area contributed by atoms with Crippen molar-refractivity contribution in [2.24, 2.45) is 5.41 Å². The number of aliphatic hydroxyl groups excluding tert-OH is 1. The number of hydrogen-bond donors (Lipinski definition) is 3. The lowest BCUT2D eigenvalue weighted by molar-refractivity contribution is -0.117. The molecule has 0 bridgehead atoms. The maximum atomic E-state index is 13.9. The normalized spacial score (nSPS) is 14.7. The van der Waals surface area contributed by atoms with E-state index >= 15 is 0 Å². The first-order valence-corrected chi connectivity index (χ1v) is 14.3. The number of likely N-dealkylation sites (tertiary alicyclic amines) is 1. The Balaban J connectivity index is 1.36. The van der Waals surface area contributed by atoms with Crippen molar-refractivity contribution in [3.8, 4) is 23.3 Å². The summed E-state index contributed by atoms with van der Waals surface area (Å²) < 4.78 is 8.88. The minimum absolute atomic E-state index is 0.0128. The van der Waals surface area contributed by atoms with Gasteiger partial charge in [0, 0.05) is 37.1 Å². The highest BCUT2D eigenvalue weighted by Gasteiger charge is 2.36. The Kier molecular flexibility index (Phi) is 8.27. The van der Waals surface area contributed by atoms with Crippen LogP contribution in [0.4, 0.5) is 5.82 Å². The van der Waals surface area contributed by atoms with E-state index in [0.717, 1.165) is 0 Å². The van der Waals surface area contributed by atoms with Gasteiger partial charge in [0.25, 0.3) is 5.91 Å². The highest BCUT2D eigenvalue weighted by Crippen LogP contribution is 2.27. The molecule has 1 aliphatic rings. The van der Waals surface area contributed by atoms with E-state index in [9.17, 15) is 20.0 Å². The number of nitrogens with zero attached hydrogens (tertiary/aromatic N) is 6. The van der Waals surface area contributed by atoms with Crippen molar-refractivity contribution in [2.45, 2.75) is 45.9 Å². The van der Waals surface area contributed by atoms with Crippen molar-refractivity contribution in [1.29, 1.82) is 5.26 Å². The van der Waals surface area contributed by atoms with E-state index < -0.39 is 23.0 Å². The number of imidazole rings is 1. The van der Waals surface area contributed by atoms with E-state index in [1.54, 1.807) is 30.3 Å². The number of nitrogen functional groups attached to an aromatic ring is 1. The van der Waals surface area contributed by atoms with Gasteiger partial charge in [-0.1, -0.05) is 32.0 Å². The SMILES string of the molecule is CC(C)(CNC(=O)C(C#N)=CC(C)(C)N1CC(O)C1)Cn1c(=O)n(-c2ccc(Oc3ccccc3)cc2)c2c(N)ncnc21. The van der Waals surface area contributed by atoms with Crippen molar-refractivity contribution in [3.63, 3.8) is 0 Å². The van der Waals surface area contributed by atoms with E-state index in [-0.39, 0.29) is 30.2 Å². The molecule has 0 atom stereocenters. The summed E-state index contributed by atoms with van der Waals surface area (Å²) in [5.74, 6) is 0.948. The molecule has 5 rings (SSSR count). The van der Waals surface area contributed by atoms with Gasteiger partial charge in [-0.05, 0) is 56.3 Å². The molecule has 0 aliphatic carbocycles. The van der Waals surface area contributed by atoms with Gasteiger partial charge in [0.05, 0.1) is 11.8 Å². The third kappa shape index (κ3) is 6.34. The Morgan fingerprint density at radius 1 is 1.11 bits per heavy atom. The van der Waals surface area contributed by atoms with Crippen molar-refractivity contribution in [1.82, 2.24) is 29.3 Å². The number of fused-ring (bicyclic) bond motifs is 1. The summed E-state index contributed by atoms with van der Waals surface area (Å²) in [7, 11) is 0. The number of hydrogen-bond acceptors (Lipinski definition) is 9. The van der Waals surface area contributed by atoms with Crippen molar-refractivity contribution < 1.29 is 14.6 Å². The second-order valence-corrected chi connectivity index (χ2v) is 12.3. The molecule has 1 amide bonds. The Morgan fingerprint density at radius 3 is 2.41 bits per heavy atom. The number of nitrogens with one attached hydrogen (secondary N) is 1. The molecular weight excluding hydrogens is 560 g/mol. The first kappa shape index (κ1) is 30.5. The number of carbonyl (C=O) groups excluding carboxylic acids is 1. The molecule has 2 aromatic carbocycles. The van der Waals surface area contributed by atoms with Crippen LogP contribution in [0.2, 0.25) is 0 Å². The van der Waals surface area contributed by atoms with Gasteiger partial charge in [0.15, 0.2) is 11.5 Å². The fourth-order valence-corrected chi connectivity index (χ4v) is 5.19. The summed E-state index contributed by atoms with van der Waals surface area (Å²) in [5, 5.41) is 22.2. The Bertz CT molecular complexity index is 1790. The predicted octanol–water partition coefficient (Wildman–Crippen LogP) is 3.00. The summed E-state index contributed by atoms with van der Waals surface area (Å²) in [6, 6.07) is 18.4. The van der Waals surface area contributed by atoms with Crippen molar-refractivity contribution in [2.75, 3.05) is 25.4 Å². The lowest BCUT2D eigenvalue weighted by Gasteiger charge is -2.46. The maximum absolute atomic E-state index is 13.9. The van der Waals surface area contributed by atoms with E-state index in [1.807, 2.05) is 69.0 Å². The van der Waals surface area contributed by atoms with Gasteiger partial charge >= 0.3 is 5.69 Å². The number of carbonyl (C=O) groups is 1. The highest BCUT2D eigenvalue weighted by molar-refractivity contribution is 5.97. The summed E-state index contributed by atoms with van der Waals surface area (Å²) in [6.45, 7) is 8.95. The van der Waals surface area contributed by atoms with Gasteiger partial charge in [0.2, 0.25) is 0 Å². The number of aliphatic hydroxyl groups is 1. The van der Waals surface area contributed by atoms with Crippen LogP contribution in [0.5, 0.6) is 11.5 Å². The van der Waals surface area contributed by atoms with E-state index in [1.165, 1.54) is 15.5 Å². The molecule has 12 nitrogen and oxygen atoms in total. The lowest BCUT2D eigenvalue weighted by atomic mass is 9.92. The van der Waals surface area contributed by atoms with E-state index in [2.05, 4.69) is 15.3 Å². The molecule has 1 aliphatic heterocycles. The predicted molar refractivity (Wildman–Crippen MR) is 166 cm³/mol. The fraction of sp³-hybridized carbons (Fsp3) is 0.344. The third-order valence-electron chi connectivity index (χ3n) is 7.66. The fourth-order valence-electron chi connectivity index (χ4n) is 5.19. The zero-order valence-electron chi connectivity index (χ0n) is 25.2. The topological polar surface area (TPSA) is 164 Å². The number of ether oxygens (including phenoxy) is 1. The Labute approximate surface area is 255 Å². The van der Waals surface area contributed by atoms with Crippen LogP contribution in [-0.4, -0.2) is 66.3 Å². The van der Waals surface area contributed by atoms with Crippen LogP contribution in [-0.2, 0) is 11.3 Å². The number of nitriles is 1. The lowest BCUT2D eigenvalue weighted by Crippen LogP contribution is -2.59. The molecule has 4 N–H and O–H groups in total. The molecule has 0 radical (unpaired) electrons. The first-order valence-electron chi connectivity index (χ1n) is 14.3. The van der Waals surface area contributed by atoms with Crippen LogP contribution in [0.15, 0.2) is 77.4 Å². The van der Waals surface area contributed by atoms with Crippen molar-refractivity contribution >= 4 is 22.9 Å². The second-order valence-electron chi connectivity index (χ2n) is 12.3. The third-order valence-corrected chi connectivity index (χ3v) is 7.66. The average Bonchev–Trinajstić information content (AvgIpc) is 3.25. The maximum Gasteiger partial charge on any atom is 0.335 e. The van der Waals surface area contributed by atoms with Crippen molar-refractivity contribution in [3.05, 3.63) is 83.1 Å². The van der Waals surface area contributed by atoms with Crippen LogP contribution in [0.3, 0.4) is 0 Å². The minimum atomic E-state index is -0.622. The van der Waals surface area contributed by atoms with E-state index in [4.69, 9.17) is 10.5 Å². The van der Waals surface area contributed by atoms with Crippen LogP contribution >= 0.6 is 0 Å². The zero-order chi connectivity index (χ0) is 31.6. The smallest absolute Gasteiger partial charge is 0.335 e. The second kappa shape index (κ2) is 11.9. The molecule has 228 valence electrons. The molecule has 44 heavy (non-hydrogen) atoms. The average molecular weight is 597 g/mol. The number of anilines is 1. The molecule has 12 heteroatoms. The molecule has 0 saturated carbocycles. The minimum Gasteiger partial charge on any atom is -0.457 e. The first-order chi connectivity index (χ1) is 20.9. The van der Waals surface area contributed by atoms with Gasteiger partial charge in [-0.3, -0.25) is 18.8 Å². The van der Waals surface area contributed by atoms with Gasteiger partial charge in [-0.25, -0.2) is 14.8 Å².